The molecule has 4 aromatic rings. The summed E-state index contributed by atoms with van der Waals surface area (Å²) in [4.78, 5) is 130. The fourth-order valence-electron chi connectivity index (χ4n) is 9.58. The van der Waals surface area contributed by atoms with Gasteiger partial charge in [-0.3, -0.25) is 33.6 Å². The van der Waals surface area contributed by atoms with Crippen molar-refractivity contribution < 1.29 is 108 Å². The lowest BCUT2D eigenvalue weighted by Gasteiger charge is -2.47. The summed E-state index contributed by atoms with van der Waals surface area (Å²) in [5.74, 6) is -8.78. The number of H-pyrrole nitrogens is 1. The first-order chi connectivity index (χ1) is 47.0. The molecule has 0 bridgehead atoms. The molecule has 0 spiro atoms. The van der Waals surface area contributed by atoms with Crippen LogP contribution in [-0.2, 0) is 65.0 Å². The van der Waals surface area contributed by atoms with Crippen LogP contribution in [0.3, 0.4) is 0 Å². The van der Waals surface area contributed by atoms with E-state index < -0.39 is 225 Å². The number of hydrogen-bond acceptors (Lipinski definition) is 31. The third-order valence-corrected chi connectivity index (χ3v) is 17.7. The zero-order chi connectivity index (χ0) is 74.5. The Bertz CT molecular complexity index is 3530. The quantitative estimate of drug-likeness (QED) is 0.0150. The minimum Gasteiger partial charge on any atom is -0.441 e. The maximum atomic E-state index is 15.3. The van der Waals surface area contributed by atoms with E-state index in [-0.39, 0.29) is 56.5 Å². The smallest absolute Gasteiger partial charge is 0.404 e. The van der Waals surface area contributed by atoms with E-state index in [0.717, 1.165) is 34.8 Å². The largest absolute Gasteiger partial charge is 0.441 e. The van der Waals surface area contributed by atoms with Crippen molar-refractivity contribution in [1.82, 2.24) is 61.8 Å². The van der Waals surface area contributed by atoms with Gasteiger partial charge in [0.25, 0.3) is 11.8 Å². The van der Waals surface area contributed by atoms with E-state index >= 15 is 4.79 Å². The first-order valence-corrected chi connectivity index (χ1v) is 33.4. The van der Waals surface area contributed by atoms with E-state index in [1.165, 1.54) is 27.7 Å². The van der Waals surface area contributed by atoms with Crippen LogP contribution in [0.5, 0.6) is 0 Å². The highest BCUT2D eigenvalue weighted by atomic mass is 32.2. The van der Waals surface area contributed by atoms with Gasteiger partial charge in [0.15, 0.2) is 18.7 Å². The van der Waals surface area contributed by atoms with Crippen molar-refractivity contribution in [3.8, 4) is 10.7 Å². The first kappa shape index (κ1) is 71.5. The predicted molar refractivity (Wildman–Crippen MR) is 339 cm³/mol. The van der Waals surface area contributed by atoms with E-state index in [9.17, 15) is 74.4 Å². The fraction of sp³-hybridized carbons (Fsp3) is 0.618. The SMILES string of the molecule is [2H]c1nc([C@H](O[C@@H]2O[C@@H](CO)[C@@H](O)[C@H](O)[C@@H]2O[C@H]2O[C@H](CO)[C@@H](O)[C@H](OC(N)=O)[C@@H]2O)[C@H](NC(=O)c2nc([C@H](CC(N)=O)NC[C@H](N)C(N)=O)nc(N)c2C)C(=O)N[C@H](C)[C@@H](O)[C@H](C)C(=O)N[C@H](C(=O)NCCc2nc(-c3nc(C(=O)NCCC[S+](C)C)c([2H])s3)c([2H])s2)[C@@H](C)O)c([2H])[nH]1. The molecule has 38 nitrogen and oxygen atoms in total. The van der Waals surface area contributed by atoms with Crippen molar-refractivity contribution >= 4 is 86.8 Å². The summed E-state index contributed by atoms with van der Waals surface area (Å²) < 4.78 is 62.6. The number of rotatable bonds is 35. The third kappa shape index (κ3) is 20.6. The van der Waals surface area contributed by atoms with Crippen LogP contribution >= 0.6 is 22.7 Å². The second-order valence-corrected chi connectivity index (χ2v) is 26.6. The summed E-state index contributed by atoms with van der Waals surface area (Å²) in [5, 5.41) is 104. The molecule has 8 amide bonds. The van der Waals surface area contributed by atoms with Crippen molar-refractivity contribution in [2.45, 2.75) is 157 Å². The molecule has 2 aliphatic heterocycles. The van der Waals surface area contributed by atoms with E-state index in [1.807, 2.05) is 0 Å². The molecule has 0 saturated carbocycles. The second-order valence-electron chi connectivity index (χ2n) is 22.5. The summed E-state index contributed by atoms with van der Waals surface area (Å²) in [6, 6.07) is -8.41. The Morgan fingerprint density at radius 3 is 2.11 bits per heavy atom. The van der Waals surface area contributed by atoms with Crippen LogP contribution in [0.2, 0.25) is 0 Å². The minimum absolute atomic E-state index is 0.0280. The molecule has 0 radical (unpaired) electrons. The van der Waals surface area contributed by atoms with Crippen molar-refractivity contribution in [2.24, 2.45) is 28.9 Å². The molecule has 0 aliphatic carbocycles. The number of primary amides is 3. The molecule has 6 heterocycles. The maximum Gasteiger partial charge on any atom is 0.404 e. The second kappa shape index (κ2) is 35.8. The average Bonchev–Trinajstić information content (AvgIpc) is 1.11. The molecule has 4 aromatic heterocycles. The Morgan fingerprint density at radius 1 is 0.802 bits per heavy atom. The van der Waals surface area contributed by atoms with Crippen molar-refractivity contribution in [3.05, 3.63) is 56.7 Å². The summed E-state index contributed by atoms with van der Waals surface area (Å²) in [5.41, 5.74) is 26.5. The van der Waals surface area contributed by atoms with Gasteiger partial charge in [0.2, 0.25) is 29.5 Å². The lowest BCUT2D eigenvalue weighted by atomic mass is 9.96. The first-order valence-electron chi connectivity index (χ1n) is 31.6. The molecule has 19 atom stereocenters. The number of ether oxygens (including phenoxy) is 5. The van der Waals surface area contributed by atoms with Crippen LogP contribution in [0, 0.1) is 12.8 Å². The van der Waals surface area contributed by atoms with E-state index in [4.69, 9.17) is 57.8 Å². The molecule has 96 heavy (non-hydrogen) atoms. The normalized spacial score (nSPS) is 24.6. The molecule has 2 aliphatic rings. The van der Waals surface area contributed by atoms with Crippen molar-refractivity contribution in [3.63, 3.8) is 0 Å². The predicted octanol–water partition coefficient (Wildman–Crippen LogP) is -7.70. The number of imidazole rings is 1. The number of carbonyl (C=O) groups is 8. The van der Waals surface area contributed by atoms with Gasteiger partial charge in [-0.15, -0.1) is 22.7 Å². The molecule has 2 fully saturated rings. The lowest BCUT2D eigenvalue weighted by Crippen LogP contribution is -2.65. The van der Waals surface area contributed by atoms with Crippen LogP contribution in [0.1, 0.15) is 94.3 Å². The average molecular weight is 1420 g/mol. The number of carbonyl (C=O) groups excluding carboxylic acids is 8. The van der Waals surface area contributed by atoms with Gasteiger partial charge in [0.05, 0.1) is 83.1 Å². The van der Waals surface area contributed by atoms with Gasteiger partial charge in [0, 0.05) is 61.3 Å². The Labute approximate surface area is 564 Å². The number of nitrogens with two attached hydrogens (primary N) is 5. The van der Waals surface area contributed by atoms with E-state index in [1.54, 1.807) is 0 Å². The highest BCUT2D eigenvalue weighted by Gasteiger charge is 2.54. The van der Waals surface area contributed by atoms with Gasteiger partial charge in [-0.2, -0.15) is 0 Å². The van der Waals surface area contributed by atoms with Crippen LogP contribution in [0.4, 0.5) is 10.6 Å². The van der Waals surface area contributed by atoms with E-state index in [2.05, 4.69) is 74.3 Å². The molecular formula is C55H84N17O21S3+. The molecule has 25 N–H and O–H groups in total. The number of aliphatic hydroxyl groups excluding tert-OH is 8. The molecule has 2 saturated heterocycles. The minimum atomic E-state index is -2.42. The Balaban J connectivity index is 1.30. The number of nitrogen functional groups attached to an aromatic ring is 1. The standard InChI is InChI=1S/C55H83N17O21S3/c1-20-33(69-46(72-44(20)58)25(12-31(57)76)64-13-24(56)45(59)82)50(86)71-35(41(26-14-61-19-65-26)91-54-43(39(80)37(78)29(15-73)90-54)92-53-40(81)42(93-55(60)88)38(79)30(16-74)89-53)51(87)66-22(3)36(77)21(2)47(83)70-34(23(4)75)49(85)63-10-8-32-67-28(18-94-32)52-68-27(17-95-52)48(84)62-9-7-11-96(5)6/h14,17-19,21-25,29-30,34-43,53-54,64,73-75,77-81H,7-13,15-16,56H2,1-6H3,(H13-,57,58,59,60,61,62,63,65,66,69,70,71,72,76,82,83,84,85,86,87,88)/p+1/t21-,22+,23+,24-,25-,29-,30+,34-,35-,36-,37+,38+,39-,40-,41-,42-,43-,53+,54-/m0/s1/i14D,17D,18D,19D. The summed E-state index contributed by atoms with van der Waals surface area (Å²) in [6.45, 7) is 2.47. The number of amides is 8. The van der Waals surface area contributed by atoms with Gasteiger partial charge in [-0.05, 0) is 31.7 Å². The molecule has 532 valence electrons. The third-order valence-electron chi connectivity index (χ3n) is 15.0. The Morgan fingerprint density at radius 2 is 1.49 bits per heavy atom. The number of nitrogens with zero attached hydrogens (tertiary/aromatic N) is 5. The summed E-state index contributed by atoms with van der Waals surface area (Å²) in [7, 11) is 0.181. The van der Waals surface area contributed by atoms with Gasteiger partial charge >= 0.3 is 6.09 Å². The number of aromatic nitrogens is 6. The number of nitrogens with one attached hydrogen (secondary N) is 7. The molecular weight excluding hydrogens is 1330 g/mol. The van der Waals surface area contributed by atoms with Gasteiger partial charge in [-0.25, -0.2) is 29.7 Å². The highest BCUT2D eigenvalue weighted by molar-refractivity contribution is 7.95. The fourth-order valence-corrected chi connectivity index (χ4v) is 11.7. The van der Waals surface area contributed by atoms with Gasteiger partial charge in [0.1, 0.15) is 102 Å². The summed E-state index contributed by atoms with van der Waals surface area (Å²) >= 11 is 1.80. The number of hydrogen-bond donors (Lipinski definition) is 20. The number of anilines is 1. The number of aliphatic hydroxyl groups is 8. The Kier molecular flexibility index (Phi) is 26.7. The van der Waals surface area contributed by atoms with Crippen LogP contribution in [0.25, 0.3) is 10.7 Å². The highest BCUT2D eigenvalue weighted by Crippen LogP contribution is 2.35. The van der Waals surface area contributed by atoms with Crippen LogP contribution < -0.4 is 60.6 Å². The molecule has 0 aromatic carbocycles. The zero-order valence-corrected chi connectivity index (χ0v) is 55.0. The van der Waals surface area contributed by atoms with E-state index in [0.29, 0.717) is 11.6 Å². The number of thiazole rings is 2. The summed E-state index contributed by atoms with van der Waals surface area (Å²) in [6.07, 6.45) is -25.7. The van der Waals surface area contributed by atoms with Crippen molar-refractivity contribution in [2.75, 3.05) is 56.8 Å². The van der Waals surface area contributed by atoms with Gasteiger partial charge < -0.3 is 130 Å². The molecule has 6 rings (SSSR count). The lowest BCUT2D eigenvalue weighted by molar-refractivity contribution is -0.372. The molecule has 0 unspecified atom stereocenters. The zero-order valence-electron chi connectivity index (χ0n) is 56.6. The van der Waals surface area contributed by atoms with Gasteiger partial charge in [-0.1, -0.05) is 6.92 Å². The number of aromatic amines is 1. The Hall–Kier alpha value is -7.30. The van der Waals surface area contributed by atoms with Crippen LogP contribution in [-0.4, -0.2) is 267 Å². The van der Waals surface area contributed by atoms with Crippen molar-refractivity contribution in [1.29, 1.82) is 0 Å². The topological polar surface area (TPSA) is 627 Å². The molecule has 41 heteroatoms. The maximum absolute atomic E-state index is 15.3. The van der Waals surface area contributed by atoms with Crippen LogP contribution in [0.15, 0.2) is 23.2 Å². The monoisotopic (exact) mass is 1420 g/mol.